The van der Waals surface area contributed by atoms with Gasteiger partial charge in [-0.1, -0.05) is 12.1 Å². The van der Waals surface area contributed by atoms with E-state index in [4.69, 9.17) is 4.52 Å². The number of piperazine rings is 1. The number of aryl methyl sites for hydroxylation is 2. The Morgan fingerprint density at radius 1 is 1.52 bits per heavy atom. The second kappa shape index (κ2) is 6.87. The van der Waals surface area contributed by atoms with Gasteiger partial charge in [0.25, 0.3) is 5.89 Å². The van der Waals surface area contributed by atoms with Crippen molar-refractivity contribution in [3.05, 3.63) is 22.3 Å². The topological polar surface area (TPSA) is 54.2 Å². The zero-order valence-electron chi connectivity index (χ0n) is 12.5. The SMILES string of the molecule is CCc1sc(-c2nc(C3CNCCN3C)no2)cc1C.Cl. The van der Waals surface area contributed by atoms with Gasteiger partial charge in [-0.2, -0.15) is 4.98 Å². The monoisotopic (exact) mass is 328 g/mol. The highest BCUT2D eigenvalue weighted by molar-refractivity contribution is 7.15. The summed E-state index contributed by atoms with van der Waals surface area (Å²) in [6, 6.07) is 2.34. The van der Waals surface area contributed by atoms with Crippen molar-refractivity contribution < 1.29 is 4.52 Å². The van der Waals surface area contributed by atoms with Crippen LogP contribution in [0.5, 0.6) is 0 Å². The zero-order valence-corrected chi connectivity index (χ0v) is 14.2. The van der Waals surface area contributed by atoms with E-state index in [-0.39, 0.29) is 18.4 Å². The average Bonchev–Trinajstić information content (AvgIpc) is 3.05. The third-order valence-electron chi connectivity index (χ3n) is 3.80. The van der Waals surface area contributed by atoms with Gasteiger partial charge in [0, 0.05) is 24.5 Å². The van der Waals surface area contributed by atoms with Gasteiger partial charge in [-0.3, -0.25) is 4.90 Å². The van der Waals surface area contributed by atoms with Crippen LogP contribution in [0, 0.1) is 6.92 Å². The van der Waals surface area contributed by atoms with Gasteiger partial charge >= 0.3 is 0 Å². The van der Waals surface area contributed by atoms with E-state index in [1.165, 1.54) is 10.4 Å². The quantitative estimate of drug-likeness (QED) is 0.938. The molecular weight excluding hydrogens is 308 g/mol. The van der Waals surface area contributed by atoms with Crippen LogP contribution in [0.4, 0.5) is 0 Å². The molecule has 1 atom stereocenters. The first kappa shape index (κ1) is 16.4. The number of hydrogen-bond acceptors (Lipinski definition) is 6. The van der Waals surface area contributed by atoms with Crippen LogP contribution < -0.4 is 5.32 Å². The molecule has 1 aliphatic heterocycles. The highest BCUT2D eigenvalue weighted by Gasteiger charge is 2.25. The molecule has 7 heteroatoms. The van der Waals surface area contributed by atoms with Crippen molar-refractivity contribution in [1.29, 1.82) is 0 Å². The first-order valence-corrected chi connectivity index (χ1v) is 7.85. The van der Waals surface area contributed by atoms with Crippen LogP contribution in [0.3, 0.4) is 0 Å². The van der Waals surface area contributed by atoms with Gasteiger partial charge in [0.15, 0.2) is 5.82 Å². The molecule has 0 spiro atoms. The lowest BCUT2D eigenvalue weighted by Crippen LogP contribution is -2.44. The molecule has 5 nitrogen and oxygen atoms in total. The molecule has 1 aliphatic rings. The molecule has 0 radical (unpaired) electrons. The molecule has 116 valence electrons. The number of thiophene rings is 1. The first-order valence-electron chi connectivity index (χ1n) is 7.03. The molecule has 1 fully saturated rings. The fourth-order valence-corrected chi connectivity index (χ4v) is 3.58. The smallest absolute Gasteiger partial charge is 0.268 e. The van der Waals surface area contributed by atoms with Crippen LogP contribution in [0.2, 0.25) is 0 Å². The predicted octanol–water partition coefficient (Wildman–Crippen LogP) is 2.67. The molecule has 21 heavy (non-hydrogen) atoms. The van der Waals surface area contributed by atoms with E-state index in [0.29, 0.717) is 5.89 Å². The molecule has 2 aromatic rings. The zero-order chi connectivity index (χ0) is 14.1. The van der Waals surface area contributed by atoms with Gasteiger partial charge in [-0.15, -0.1) is 23.7 Å². The van der Waals surface area contributed by atoms with E-state index < -0.39 is 0 Å². The Labute approximate surface area is 135 Å². The normalized spacial score (nSPS) is 19.5. The van der Waals surface area contributed by atoms with E-state index in [0.717, 1.165) is 36.8 Å². The second-order valence-corrected chi connectivity index (χ2v) is 6.37. The van der Waals surface area contributed by atoms with E-state index in [9.17, 15) is 0 Å². The Balaban J connectivity index is 0.00000161. The number of rotatable bonds is 3. The molecule has 0 aromatic carbocycles. The molecule has 0 aliphatic carbocycles. The highest BCUT2D eigenvalue weighted by Crippen LogP contribution is 2.31. The number of nitrogens with one attached hydrogen (secondary N) is 1. The Kier molecular flexibility index (Phi) is 5.37. The molecule has 0 bridgehead atoms. The molecule has 0 amide bonds. The summed E-state index contributed by atoms with van der Waals surface area (Å²) in [5.74, 6) is 1.42. The van der Waals surface area contributed by atoms with Gasteiger partial charge in [-0.25, -0.2) is 0 Å². The number of halogens is 1. The van der Waals surface area contributed by atoms with Gasteiger partial charge in [0.2, 0.25) is 0 Å². The maximum absolute atomic E-state index is 5.46. The van der Waals surface area contributed by atoms with Gasteiger partial charge in [-0.05, 0) is 32.0 Å². The van der Waals surface area contributed by atoms with E-state index in [1.807, 2.05) is 0 Å². The third kappa shape index (κ3) is 3.29. The lowest BCUT2D eigenvalue weighted by molar-refractivity contribution is 0.190. The maximum atomic E-state index is 5.46. The van der Waals surface area contributed by atoms with Crippen molar-refractivity contribution in [2.24, 2.45) is 0 Å². The van der Waals surface area contributed by atoms with Crippen LogP contribution in [0.15, 0.2) is 10.6 Å². The van der Waals surface area contributed by atoms with Crippen LogP contribution in [-0.4, -0.2) is 41.7 Å². The number of hydrogen-bond donors (Lipinski definition) is 1. The summed E-state index contributed by atoms with van der Waals surface area (Å²) >= 11 is 1.75. The molecule has 0 saturated carbocycles. The standard InChI is InChI=1S/C14H20N4OS.ClH/c1-4-11-9(2)7-12(20-11)14-16-13(17-19-14)10-8-15-5-6-18(10)3;/h7,10,15H,4-6,8H2,1-3H3;1H. The summed E-state index contributed by atoms with van der Waals surface area (Å²) in [7, 11) is 2.10. The van der Waals surface area contributed by atoms with Crippen molar-refractivity contribution in [3.8, 4) is 10.8 Å². The summed E-state index contributed by atoms with van der Waals surface area (Å²) in [6.45, 7) is 7.20. The average molecular weight is 329 g/mol. The molecule has 1 N–H and O–H groups in total. The number of likely N-dealkylation sites (N-methyl/N-ethyl adjacent to an activating group) is 1. The Bertz CT molecular complexity index is 598. The first-order chi connectivity index (χ1) is 9.69. The summed E-state index contributed by atoms with van der Waals surface area (Å²) in [4.78, 5) is 9.32. The van der Waals surface area contributed by atoms with E-state index in [2.05, 4.69) is 47.3 Å². The van der Waals surface area contributed by atoms with E-state index >= 15 is 0 Å². The van der Waals surface area contributed by atoms with Crippen molar-refractivity contribution in [1.82, 2.24) is 20.4 Å². The third-order valence-corrected chi connectivity index (χ3v) is 5.17. The minimum atomic E-state index is 0. The van der Waals surface area contributed by atoms with Gasteiger partial charge < -0.3 is 9.84 Å². The lowest BCUT2D eigenvalue weighted by atomic mass is 10.2. The fourth-order valence-electron chi connectivity index (χ4n) is 2.54. The minimum absolute atomic E-state index is 0. The Hall–Kier alpha value is -0.950. The molecule has 3 heterocycles. The molecule has 2 aromatic heterocycles. The predicted molar refractivity (Wildman–Crippen MR) is 87.2 cm³/mol. The van der Waals surface area contributed by atoms with Crippen molar-refractivity contribution in [2.45, 2.75) is 26.3 Å². The molecule has 1 unspecified atom stereocenters. The van der Waals surface area contributed by atoms with Gasteiger partial charge in [0.1, 0.15) is 0 Å². The molecule has 1 saturated heterocycles. The largest absolute Gasteiger partial charge is 0.333 e. The Morgan fingerprint density at radius 3 is 3.00 bits per heavy atom. The van der Waals surface area contributed by atoms with Crippen LogP contribution in [-0.2, 0) is 6.42 Å². The van der Waals surface area contributed by atoms with Crippen LogP contribution in [0.25, 0.3) is 10.8 Å². The highest BCUT2D eigenvalue weighted by atomic mass is 35.5. The van der Waals surface area contributed by atoms with E-state index in [1.54, 1.807) is 11.3 Å². The summed E-state index contributed by atoms with van der Waals surface area (Å²) in [5, 5.41) is 7.54. The summed E-state index contributed by atoms with van der Waals surface area (Å²) < 4.78 is 5.46. The maximum Gasteiger partial charge on any atom is 0.268 e. The minimum Gasteiger partial charge on any atom is -0.333 e. The van der Waals surface area contributed by atoms with Crippen LogP contribution in [0.1, 0.15) is 29.2 Å². The number of aromatic nitrogens is 2. The number of nitrogens with zero attached hydrogens (tertiary/aromatic N) is 3. The summed E-state index contributed by atoms with van der Waals surface area (Å²) in [5.41, 5.74) is 1.31. The van der Waals surface area contributed by atoms with Crippen LogP contribution >= 0.6 is 23.7 Å². The van der Waals surface area contributed by atoms with Crippen molar-refractivity contribution in [3.63, 3.8) is 0 Å². The lowest BCUT2D eigenvalue weighted by Gasteiger charge is -2.30. The van der Waals surface area contributed by atoms with Crippen molar-refractivity contribution in [2.75, 3.05) is 26.7 Å². The molecular formula is C14H21ClN4OS. The van der Waals surface area contributed by atoms with Crippen molar-refractivity contribution >= 4 is 23.7 Å². The Morgan fingerprint density at radius 2 is 2.33 bits per heavy atom. The molecule has 3 rings (SSSR count). The second-order valence-electron chi connectivity index (χ2n) is 5.23. The van der Waals surface area contributed by atoms with Gasteiger partial charge in [0.05, 0.1) is 10.9 Å². The summed E-state index contributed by atoms with van der Waals surface area (Å²) in [6.07, 6.45) is 1.05. The fraction of sp³-hybridized carbons (Fsp3) is 0.571.